The van der Waals surface area contributed by atoms with E-state index in [9.17, 15) is 9.59 Å². The molecule has 1 saturated carbocycles. The molecule has 1 aliphatic carbocycles. The second-order valence-electron chi connectivity index (χ2n) is 6.35. The number of aromatic nitrogens is 2. The predicted molar refractivity (Wildman–Crippen MR) is 85.1 cm³/mol. The zero-order valence-electron chi connectivity index (χ0n) is 13.7. The van der Waals surface area contributed by atoms with Crippen molar-refractivity contribution in [2.75, 3.05) is 26.2 Å². The number of urea groups is 1. The first-order valence-electron chi connectivity index (χ1n) is 8.52. The average Bonchev–Trinajstić information content (AvgIpc) is 3.20. The average molecular weight is 336 g/mol. The van der Waals surface area contributed by atoms with Crippen LogP contribution < -0.4 is 11.1 Å². The van der Waals surface area contributed by atoms with Gasteiger partial charge in [0.25, 0.3) is 0 Å². The van der Waals surface area contributed by atoms with Crippen LogP contribution in [0.2, 0.25) is 0 Å². The summed E-state index contributed by atoms with van der Waals surface area (Å²) in [7, 11) is 0. The summed E-state index contributed by atoms with van der Waals surface area (Å²) < 4.78 is 4.69. The molecule has 0 atom stereocenters. The highest BCUT2D eigenvalue weighted by Gasteiger charge is 2.26. The van der Waals surface area contributed by atoms with Gasteiger partial charge in [-0.05, 0) is 19.3 Å². The standard InChI is InChI=1S/C15H24N6O3/c16-13(22)14-18-12(19-24-14)10-17-15(23)21-7-3-6-20(8-9-21)11-4-1-2-5-11/h11H,1-10H2,(H2,16,22)(H,17,23). The van der Waals surface area contributed by atoms with Gasteiger partial charge in [-0.25, -0.2) is 4.79 Å². The van der Waals surface area contributed by atoms with Gasteiger partial charge in [-0.1, -0.05) is 18.0 Å². The minimum absolute atomic E-state index is 0.110. The largest absolute Gasteiger partial charge is 0.361 e. The maximum Gasteiger partial charge on any atom is 0.317 e. The molecule has 24 heavy (non-hydrogen) atoms. The van der Waals surface area contributed by atoms with E-state index in [1.54, 1.807) is 0 Å². The van der Waals surface area contributed by atoms with Crippen molar-refractivity contribution in [3.8, 4) is 0 Å². The van der Waals surface area contributed by atoms with Crippen LogP contribution in [0.5, 0.6) is 0 Å². The first-order chi connectivity index (χ1) is 11.6. The third-order valence-electron chi connectivity index (χ3n) is 4.74. The molecule has 1 aromatic heterocycles. The molecular formula is C15H24N6O3. The van der Waals surface area contributed by atoms with Crippen LogP contribution in [0.1, 0.15) is 48.6 Å². The van der Waals surface area contributed by atoms with Crippen molar-refractivity contribution >= 4 is 11.9 Å². The minimum Gasteiger partial charge on any atom is -0.361 e. The van der Waals surface area contributed by atoms with Gasteiger partial charge in [0.1, 0.15) is 0 Å². The summed E-state index contributed by atoms with van der Waals surface area (Å²) in [6.07, 6.45) is 6.20. The number of carbonyl (C=O) groups excluding carboxylic acids is 2. The van der Waals surface area contributed by atoms with Crippen molar-refractivity contribution in [3.05, 3.63) is 11.7 Å². The number of rotatable bonds is 4. The Bertz CT molecular complexity index is 584. The number of nitrogens with one attached hydrogen (secondary N) is 1. The van der Waals surface area contributed by atoms with Crippen LogP contribution in [0.4, 0.5) is 4.79 Å². The lowest BCUT2D eigenvalue weighted by Crippen LogP contribution is -2.42. The third-order valence-corrected chi connectivity index (χ3v) is 4.74. The van der Waals surface area contributed by atoms with E-state index in [2.05, 4.69) is 24.9 Å². The Hall–Kier alpha value is -2.16. The van der Waals surface area contributed by atoms with Crippen LogP contribution >= 0.6 is 0 Å². The maximum absolute atomic E-state index is 12.3. The molecule has 9 nitrogen and oxygen atoms in total. The monoisotopic (exact) mass is 336 g/mol. The van der Waals surface area contributed by atoms with E-state index in [0.29, 0.717) is 6.04 Å². The fourth-order valence-electron chi connectivity index (χ4n) is 3.47. The summed E-state index contributed by atoms with van der Waals surface area (Å²) in [4.78, 5) is 31.4. The summed E-state index contributed by atoms with van der Waals surface area (Å²) >= 11 is 0. The fourth-order valence-corrected chi connectivity index (χ4v) is 3.47. The number of primary amides is 1. The summed E-state index contributed by atoms with van der Waals surface area (Å²) in [6.45, 7) is 3.56. The Labute approximate surface area is 140 Å². The molecule has 0 spiro atoms. The zero-order valence-corrected chi connectivity index (χ0v) is 13.7. The van der Waals surface area contributed by atoms with E-state index in [-0.39, 0.29) is 24.3 Å². The number of nitrogens with two attached hydrogens (primary N) is 1. The molecule has 1 saturated heterocycles. The van der Waals surface area contributed by atoms with E-state index < -0.39 is 5.91 Å². The van der Waals surface area contributed by atoms with Gasteiger partial charge in [-0.2, -0.15) is 4.98 Å². The van der Waals surface area contributed by atoms with Gasteiger partial charge < -0.3 is 20.5 Å². The molecule has 0 unspecified atom stereocenters. The first-order valence-corrected chi connectivity index (χ1v) is 8.52. The SMILES string of the molecule is NC(=O)c1nc(CNC(=O)N2CCCN(C3CCCC3)CC2)no1. The smallest absolute Gasteiger partial charge is 0.317 e. The molecular weight excluding hydrogens is 312 g/mol. The van der Waals surface area contributed by atoms with E-state index in [1.807, 2.05) is 4.90 Å². The van der Waals surface area contributed by atoms with E-state index in [1.165, 1.54) is 25.7 Å². The summed E-state index contributed by atoms with van der Waals surface area (Å²) in [5.41, 5.74) is 5.05. The summed E-state index contributed by atoms with van der Waals surface area (Å²) in [5, 5.41) is 6.37. The zero-order chi connectivity index (χ0) is 16.9. The summed E-state index contributed by atoms with van der Waals surface area (Å²) in [6, 6.07) is 0.549. The summed E-state index contributed by atoms with van der Waals surface area (Å²) in [5.74, 6) is -0.791. The molecule has 1 aliphatic heterocycles. The van der Waals surface area contributed by atoms with Gasteiger partial charge in [-0.3, -0.25) is 9.69 Å². The second-order valence-corrected chi connectivity index (χ2v) is 6.35. The minimum atomic E-state index is -0.778. The van der Waals surface area contributed by atoms with E-state index in [0.717, 1.165) is 32.6 Å². The molecule has 2 heterocycles. The normalized spacial score (nSPS) is 20.1. The molecule has 3 amide bonds. The predicted octanol–water partition coefficient (Wildman–Crippen LogP) is 0.328. The molecule has 9 heteroatoms. The molecule has 1 aromatic rings. The number of amides is 3. The van der Waals surface area contributed by atoms with Crippen LogP contribution in [0.3, 0.4) is 0 Å². The van der Waals surface area contributed by atoms with Crippen LogP contribution in [0.15, 0.2) is 4.52 Å². The Morgan fingerprint density at radius 3 is 2.67 bits per heavy atom. The molecule has 0 aromatic carbocycles. The van der Waals surface area contributed by atoms with Crippen molar-refractivity contribution in [2.24, 2.45) is 5.73 Å². The van der Waals surface area contributed by atoms with Crippen molar-refractivity contribution in [3.63, 3.8) is 0 Å². The third kappa shape index (κ3) is 4.02. The quantitative estimate of drug-likeness (QED) is 0.818. The topological polar surface area (TPSA) is 118 Å². The Morgan fingerprint density at radius 2 is 1.96 bits per heavy atom. The number of nitrogens with zero attached hydrogens (tertiary/aromatic N) is 4. The maximum atomic E-state index is 12.3. The molecule has 0 bridgehead atoms. The van der Waals surface area contributed by atoms with Crippen LogP contribution in [0, 0.1) is 0 Å². The van der Waals surface area contributed by atoms with Crippen LogP contribution in [0.25, 0.3) is 0 Å². The number of hydrogen-bond donors (Lipinski definition) is 2. The highest BCUT2D eigenvalue weighted by atomic mass is 16.5. The van der Waals surface area contributed by atoms with Gasteiger partial charge >= 0.3 is 17.8 Å². The van der Waals surface area contributed by atoms with Gasteiger partial charge in [0.05, 0.1) is 6.54 Å². The number of hydrogen-bond acceptors (Lipinski definition) is 6. The highest BCUT2D eigenvalue weighted by Crippen LogP contribution is 2.24. The van der Waals surface area contributed by atoms with Crippen molar-refractivity contribution < 1.29 is 14.1 Å². The molecule has 132 valence electrons. The Morgan fingerprint density at radius 1 is 1.17 bits per heavy atom. The highest BCUT2D eigenvalue weighted by molar-refractivity contribution is 5.87. The van der Waals surface area contributed by atoms with Gasteiger partial charge in [0.2, 0.25) is 0 Å². The van der Waals surface area contributed by atoms with Crippen molar-refractivity contribution in [2.45, 2.75) is 44.7 Å². The molecule has 0 radical (unpaired) electrons. The van der Waals surface area contributed by atoms with Crippen LogP contribution in [-0.2, 0) is 6.54 Å². The van der Waals surface area contributed by atoms with Gasteiger partial charge in [0, 0.05) is 32.2 Å². The van der Waals surface area contributed by atoms with Gasteiger partial charge in [-0.15, -0.1) is 0 Å². The van der Waals surface area contributed by atoms with Crippen molar-refractivity contribution in [1.82, 2.24) is 25.3 Å². The lowest BCUT2D eigenvalue weighted by molar-refractivity contribution is 0.0958. The molecule has 2 aliphatic rings. The van der Waals surface area contributed by atoms with Crippen LogP contribution in [-0.4, -0.2) is 64.1 Å². The molecule has 3 rings (SSSR count). The Balaban J connectivity index is 1.46. The molecule has 3 N–H and O–H groups in total. The molecule has 2 fully saturated rings. The van der Waals surface area contributed by atoms with Gasteiger partial charge in [0.15, 0.2) is 5.82 Å². The number of carbonyl (C=O) groups is 2. The lowest BCUT2D eigenvalue weighted by Gasteiger charge is -2.27. The second kappa shape index (κ2) is 7.61. The lowest BCUT2D eigenvalue weighted by atomic mass is 10.2. The van der Waals surface area contributed by atoms with E-state index >= 15 is 0 Å². The van der Waals surface area contributed by atoms with E-state index in [4.69, 9.17) is 5.73 Å². The van der Waals surface area contributed by atoms with Crippen molar-refractivity contribution in [1.29, 1.82) is 0 Å². The fraction of sp³-hybridized carbons (Fsp3) is 0.733. The first kappa shape index (κ1) is 16.7. The Kier molecular flexibility index (Phi) is 5.29.